The molecule has 0 aliphatic rings. The Kier molecular flexibility index (Phi) is 36.6. The molecule has 3 N–H and O–H groups in total. The summed E-state index contributed by atoms with van der Waals surface area (Å²) in [5, 5.41) is 10.1. The molecule has 0 radical (unpaired) electrons. The van der Waals surface area contributed by atoms with Crippen LogP contribution in [0, 0.1) is 0 Å². The molecule has 0 spiro atoms. The van der Waals surface area contributed by atoms with Crippen molar-refractivity contribution in [1.82, 2.24) is 0 Å². The van der Waals surface area contributed by atoms with E-state index in [2.05, 4.69) is 97.4 Å². The number of allylic oxidation sites excluding steroid dienone is 16. The molecule has 10 heteroatoms. The third-order valence-electron chi connectivity index (χ3n) is 7.86. The first-order valence-corrected chi connectivity index (χ1v) is 21.8. The molecule has 0 aromatic heterocycles. The maximum absolute atomic E-state index is 12.4. The number of carbonyl (C=O) groups excluding carboxylic acids is 2. The van der Waals surface area contributed by atoms with Crippen LogP contribution in [0.1, 0.15) is 136 Å². The predicted molar refractivity (Wildman–Crippen MR) is 226 cm³/mol. The van der Waals surface area contributed by atoms with Crippen LogP contribution in [0.4, 0.5) is 0 Å². The van der Waals surface area contributed by atoms with Gasteiger partial charge in [-0.15, -0.1) is 0 Å². The molecule has 0 aliphatic carbocycles. The normalized spacial score (nSPS) is 14.2. The second kappa shape index (κ2) is 38.9. The third kappa shape index (κ3) is 41.7. The number of esters is 2. The van der Waals surface area contributed by atoms with Gasteiger partial charge in [0.1, 0.15) is 6.61 Å². The number of hydrogen-bond donors (Lipinski definition) is 3. The highest BCUT2D eigenvalue weighted by atomic mass is 31.2. The monoisotopic (exact) mass is 786 g/mol. The Balaban J connectivity index is 4.22. The van der Waals surface area contributed by atoms with E-state index in [1.165, 1.54) is 19.3 Å². The van der Waals surface area contributed by atoms with Gasteiger partial charge in [-0.05, 0) is 89.9 Å². The van der Waals surface area contributed by atoms with E-state index in [0.29, 0.717) is 25.7 Å². The van der Waals surface area contributed by atoms with Gasteiger partial charge in [-0.3, -0.25) is 14.1 Å². The largest absolute Gasteiger partial charge is 0.469 e. The molecule has 310 valence electrons. The van der Waals surface area contributed by atoms with E-state index < -0.39 is 38.6 Å². The van der Waals surface area contributed by atoms with Crippen molar-refractivity contribution in [2.24, 2.45) is 0 Å². The number of unbranched alkanes of at least 4 members (excludes halogenated alkanes) is 7. The van der Waals surface area contributed by atoms with Crippen LogP contribution in [0.2, 0.25) is 0 Å². The molecule has 0 heterocycles. The SMILES string of the molecule is CC/C=C\C/C=C\C/C=C\C/C=C\C/C=C\CCCCCC(=O)O[C@H](COC(=O)CCC/C=C/C=C\C(O)C/C=C\C/C=C\CCCCC)COP(=O)(O)O. The summed E-state index contributed by atoms with van der Waals surface area (Å²) in [6.07, 6.45) is 51.2. The highest BCUT2D eigenvalue weighted by Gasteiger charge is 2.22. The molecule has 9 nitrogen and oxygen atoms in total. The zero-order valence-corrected chi connectivity index (χ0v) is 34.5. The summed E-state index contributed by atoms with van der Waals surface area (Å²) in [4.78, 5) is 42.8. The lowest BCUT2D eigenvalue weighted by Crippen LogP contribution is -2.29. The molecule has 2 atom stereocenters. The minimum atomic E-state index is -4.80. The van der Waals surface area contributed by atoms with Gasteiger partial charge in [-0.2, -0.15) is 0 Å². The van der Waals surface area contributed by atoms with Gasteiger partial charge in [0.15, 0.2) is 6.10 Å². The van der Waals surface area contributed by atoms with Crippen molar-refractivity contribution in [3.63, 3.8) is 0 Å². The lowest BCUT2D eigenvalue weighted by Gasteiger charge is -2.18. The van der Waals surface area contributed by atoms with Crippen molar-refractivity contribution in [2.45, 2.75) is 148 Å². The van der Waals surface area contributed by atoms with Gasteiger partial charge in [-0.1, -0.05) is 142 Å². The maximum atomic E-state index is 12.4. The molecule has 0 fully saturated rings. The molecule has 0 aromatic carbocycles. The van der Waals surface area contributed by atoms with Crippen LogP contribution in [0.25, 0.3) is 0 Å². The maximum Gasteiger partial charge on any atom is 0.469 e. The minimum Gasteiger partial charge on any atom is -0.462 e. The van der Waals surface area contributed by atoms with E-state index >= 15 is 0 Å². The number of phosphoric ester groups is 1. The van der Waals surface area contributed by atoms with Gasteiger partial charge >= 0.3 is 19.8 Å². The Morgan fingerprint density at radius 3 is 1.69 bits per heavy atom. The van der Waals surface area contributed by atoms with Crippen molar-refractivity contribution in [3.05, 3.63) is 109 Å². The third-order valence-corrected chi connectivity index (χ3v) is 8.34. The lowest BCUT2D eigenvalue weighted by atomic mass is 10.1. The van der Waals surface area contributed by atoms with E-state index in [9.17, 15) is 19.3 Å². The van der Waals surface area contributed by atoms with Crippen LogP contribution in [0.3, 0.4) is 0 Å². The number of aliphatic hydroxyl groups is 1. The molecule has 1 unspecified atom stereocenters. The first-order valence-electron chi connectivity index (χ1n) is 20.3. The molecule has 0 saturated heterocycles. The van der Waals surface area contributed by atoms with Crippen molar-refractivity contribution in [2.75, 3.05) is 13.2 Å². The van der Waals surface area contributed by atoms with E-state index in [-0.39, 0.29) is 19.4 Å². The van der Waals surface area contributed by atoms with Crippen molar-refractivity contribution < 1.29 is 43.0 Å². The fourth-order valence-electron chi connectivity index (χ4n) is 4.82. The molecule has 55 heavy (non-hydrogen) atoms. The zero-order valence-electron chi connectivity index (χ0n) is 33.6. The van der Waals surface area contributed by atoms with E-state index in [1.807, 2.05) is 18.2 Å². The molecule has 0 aromatic rings. The standard InChI is InChI=1S/C45H71O9P/c1-3-5-7-9-11-13-14-15-16-17-18-19-20-21-22-24-26-30-35-39-45(48)54-43(41-53-55(49,50)51)40-52-44(47)38-34-31-27-29-33-37-42(46)36-32-28-25-23-12-10-8-6-4-2/h5,7,11-13,15-16,18-19,21-23,27-29,32-33,37,42-43,46H,3-4,6,8-10,14,17,20,24-26,30-31,34-36,38-41H2,1-2H3,(H2,49,50,51)/b7-5-,13-11-,16-15-,19-18-,22-21-,23-12-,29-27+,32-28-,37-33-/t42?,43-/m1/s1. The summed E-state index contributed by atoms with van der Waals surface area (Å²) in [7, 11) is -4.80. The Bertz CT molecular complexity index is 1270. The summed E-state index contributed by atoms with van der Waals surface area (Å²) < 4.78 is 26.2. The highest BCUT2D eigenvalue weighted by Crippen LogP contribution is 2.36. The van der Waals surface area contributed by atoms with Crippen molar-refractivity contribution >= 4 is 19.8 Å². The first-order chi connectivity index (χ1) is 26.7. The second-order valence-electron chi connectivity index (χ2n) is 13.1. The summed E-state index contributed by atoms with van der Waals surface area (Å²) in [5.41, 5.74) is 0. The molecule has 0 aliphatic heterocycles. The Morgan fingerprint density at radius 2 is 1.11 bits per heavy atom. The average molecular weight is 787 g/mol. The smallest absolute Gasteiger partial charge is 0.462 e. The number of rotatable bonds is 35. The van der Waals surface area contributed by atoms with Gasteiger partial charge in [0.2, 0.25) is 0 Å². The molecule has 0 bridgehead atoms. The van der Waals surface area contributed by atoms with Gasteiger partial charge < -0.3 is 24.4 Å². The van der Waals surface area contributed by atoms with E-state index in [0.717, 1.165) is 64.2 Å². The Morgan fingerprint density at radius 1 is 0.582 bits per heavy atom. The topological polar surface area (TPSA) is 140 Å². The molecule has 0 saturated carbocycles. The fourth-order valence-corrected chi connectivity index (χ4v) is 5.18. The number of aliphatic hydroxyl groups excluding tert-OH is 1. The number of ether oxygens (including phenoxy) is 2. The molecule has 0 rings (SSSR count). The zero-order chi connectivity index (χ0) is 40.5. The van der Waals surface area contributed by atoms with E-state index in [1.54, 1.807) is 12.2 Å². The fraction of sp³-hybridized carbons (Fsp3) is 0.556. The van der Waals surface area contributed by atoms with Crippen molar-refractivity contribution in [1.29, 1.82) is 0 Å². The number of carbonyl (C=O) groups is 2. The van der Waals surface area contributed by atoms with Crippen molar-refractivity contribution in [3.8, 4) is 0 Å². The average Bonchev–Trinajstić information content (AvgIpc) is 3.15. The Labute approximate surface area is 332 Å². The quantitative estimate of drug-likeness (QED) is 0.0188. The summed E-state index contributed by atoms with van der Waals surface area (Å²) in [5.74, 6) is -1.07. The summed E-state index contributed by atoms with van der Waals surface area (Å²) in [6, 6.07) is 0. The van der Waals surface area contributed by atoms with Gasteiger partial charge in [0.05, 0.1) is 12.7 Å². The van der Waals surface area contributed by atoms with Gasteiger partial charge in [0.25, 0.3) is 0 Å². The summed E-state index contributed by atoms with van der Waals surface area (Å²) in [6.45, 7) is 3.37. The number of hydrogen-bond acceptors (Lipinski definition) is 7. The summed E-state index contributed by atoms with van der Waals surface area (Å²) >= 11 is 0. The second-order valence-corrected chi connectivity index (χ2v) is 14.3. The van der Waals surface area contributed by atoms with E-state index in [4.69, 9.17) is 19.3 Å². The molecule has 0 amide bonds. The van der Waals surface area contributed by atoms with Crippen LogP contribution >= 0.6 is 7.82 Å². The predicted octanol–water partition coefficient (Wildman–Crippen LogP) is 11.4. The molecular formula is C45H71O9P. The lowest BCUT2D eigenvalue weighted by molar-refractivity contribution is -0.161. The van der Waals surface area contributed by atoms with Crippen LogP contribution < -0.4 is 0 Å². The van der Waals surface area contributed by atoms with Crippen LogP contribution in [0.5, 0.6) is 0 Å². The molecular weight excluding hydrogens is 715 g/mol. The van der Waals surface area contributed by atoms with Gasteiger partial charge in [0, 0.05) is 12.8 Å². The van der Waals surface area contributed by atoms with Gasteiger partial charge in [-0.25, -0.2) is 4.57 Å². The highest BCUT2D eigenvalue weighted by molar-refractivity contribution is 7.46. The number of phosphoric acid groups is 1. The minimum absolute atomic E-state index is 0.117. The van der Waals surface area contributed by atoms with Crippen LogP contribution in [0.15, 0.2) is 109 Å². The Hall–Kier alpha value is -3.33. The van der Waals surface area contributed by atoms with Crippen LogP contribution in [-0.4, -0.2) is 52.3 Å². The first kappa shape index (κ1) is 51.7. The van der Waals surface area contributed by atoms with Crippen LogP contribution in [-0.2, 0) is 28.2 Å².